The molecule has 0 atom stereocenters. The van der Waals surface area contributed by atoms with Gasteiger partial charge in [-0.05, 0) is 227 Å². The van der Waals surface area contributed by atoms with E-state index in [1.54, 1.807) is 0 Å². The van der Waals surface area contributed by atoms with Gasteiger partial charge in [0.15, 0.2) is 0 Å². The number of benzene rings is 16. The lowest BCUT2D eigenvalue weighted by Crippen LogP contribution is -1.95. The first-order valence-corrected chi connectivity index (χ1v) is 29.0. The molecule has 16 aromatic carbocycles. The average Bonchev–Trinajstić information content (AvgIpc) is 1.76. The zero-order valence-electron chi connectivity index (χ0n) is 46.1. The van der Waals surface area contributed by atoms with Gasteiger partial charge in [0.2, 0.25) is 0 Å². The Morgan fingerprint density at radius 1 is 0.159 bits per heavy atom. The lowest BCUT2D eigenvalue weighted by atomic mass is 9.82. The fourth-order valence-corrected chi connectivity index (χ4v) is 15.6. The van der Waals surface area contributed by atoms with E-state index < -0.39 is 0 Å². The maximum atomic E-state index is 2.49. The minimum atomic E-state index is 1.23. The third-order valence-electron chi connectivity index (χ3n) is 18.8. The summed E-state index contributed by atoms with van der Waals surface area (Å²) in [4.78, 5) is 0. The van der Waals surface area contributed by atoms with E-state index in [4.69, 9.17) is 0 Å². The molecule has 0 spiro atoms. The molecule has 0 amide bonds. The van der Waals surface area contributed by atoms with Gasteiger partial charge < -0.3 is 0 Å². The van der Waals surface area contributed by atoms with Crippen LogP contribution in [-0.2, 0) is 0 Å². The van der Waals surface area contributed by atoms with Crippen molar-refractivity contribution in [3.63, 3.8) is 0 Å². The maximum absolute atomic E-state index is 2.49. The van der Waals surface area contributed by atoms with Crippen LogP contribution in [0, 0.1) is 27.7 Å². The van der Waals surface area contributed by atoms with Crippen LogP contribution >= 0.6 is 0 Å². The van der Waals surface area contributed by atoms with Crippen LogP contribution in [0.3, 0.4) is 0 Å². The number of hydrogen-bond acceptors (Lipinski definition) is 0. The minimum Gasteiger partial charge on any atom is -0.0622 e. The molecule has 18 rings (SSSR count). The van der Waals surface area contributed by atoms with E-state index in [9.17, 15) is 0 Å². The van der Waals surface area contributed by atoms with Crippen LogP contribution in [0.5, 0.6) is 0 Å². The first-order valence-electron chi connectivity index (χ1n) is 29.0. The molecule has 0 unspecified atom stereocenters. The van der Waals surface area contributed by atoms with Crippen molar-refractivity contribution < 1.29 is 0 Å². The van der Waals surface area contributed by atoms with E-state index in [0.29, 0.717) is 0 Å². The summed E-state index contributed by atoms with van der Waals surface area (Å²) in [6.45, 7) is 8.86. The van der Waals surface area contributed by atoms with Gasteiger partial charge in [0, 0.05) is 0 Å². The summed E-state index contributed by atoms with van der Waals surface area (Å²) in [6.07, 6.45) is 0. The Kier molecular flexibility index (Phi) is 9.31. The van der Waals surface area contributed by atoms with Gasteiger partial charge in [0.25, 0.3) is 0 Å². The van der Waals surface area contributed by atoms with Crippen LogP contribution in [0.2, 0.25) is 0 Å². The second-order valence-electron chi connectivity index (χ2n) is 23.6. The van der Waals surface area contributed by atoms with E-state index >= 15 is 0 Å². The zero-order chi connectivity index (χ0) is 54.2. The fraction of sp³-hybridized carbons (Fsp3) is 0.0488. The Hall–Kier alpha value is -10.1. The normalized spacial score (nSPS) is 12.4. The van der Waals surface area contributed by atoms with Crippen LogP contribution in [0.25, 0.3) is 187 Å². The molecular formula is C82H52. The van der Waals surface area contributed by atoms with Crippen LogP contribution in [0.15, 0.2) is 243 Å². The molecule has 380 valence electrons. The summed E-state index contributed by atoms with van der Waals surface area (Å²) in [5.74, 6) is 0. The topological polar surface area (TPSA) is 0 Å². The largest absolute Gasteiger partial charge is 0.0622 e. The summed E-state index contributed by atoms with van der Waals surface area (Å²) in [5.41, 5.74) is 30.7. The van der Waals surface area contributed by atoms with Crippen LogP contribution in [0.1, 0.15) is 22.3 Å². The molecule has 0 bridgehead atoms. The Balaban J connectivity index is 0.917. The van der Waals surface area contributed by atoms with Gasteiger partial charge in [0.05, 0.1) is 0 Å². The Labute approximate surface area is 476 Å². The summed E-state index contributed by atoms with van der Waals surface area (Å²) in [6, 6.07) is 93.2. The molecule has 0 radical (unpaired) electrons. The van der Waals surface area contributed by atoms with Crippen LogP contribution in [-0.4, -0.2) is 0 Å². The molecule has 16 aromatic rings. The number of fused-ring (bicyclic) bond motifs is 10. The first-order chi connectivity index (χ1) is 40.3. The Bertz CT molecular complexity index is 5050. The van der Waals surface area contributed by atoms with Crippen molar-refractivity contribution in [2.75, 3.05) is 0 Å². The van der Waals surface area contributed by atoms with E-state index in [1.807, 2.05) is 0 Å². The van der Waals surface area contributed by atoms with Crippen molar-refractivity contribution in [1.82, 2.24) is 0 Å². The fourth-order valence-electron chi connectivity index (χ4n) is 15.6. The van der Waals surface area contributed by atoms with E-state index in [1.165, 1.54) is 209 Å². The number of aryl methyl sites for hydroxylation is 4. The van der Waals surface area contributed by atoms with Gasteiger partial charge in [-0.1, -0.05) is 253 Å². The first kappa shape index (κ1) is 45.7. The average molecular weight is 1040 g/mol. The lowest BCUT2D eigenvalue weighted by Gasteiger charge is -2.21. The zero-order valence-corrected chi connectivity index (χ0v) is 46.1. The number of rotatable bonds is 6. The molecule has 2 aliphatic rings. The predicted octanol–water partition coefficient (Wildman–Crippen LogP) is 23.2. The van der Waals surface area contributed by atoms with E-state index in [0.717, 1.165) is 0 Å². The third-order valence-corrected chi connectivity index (χ3v) is 18.8. The summed E-state index contributed by atoms with van der Waals surface area (Å²) >= 11 is 0. The van der Waals surface area contributed by atoms with Gasteiger partial charge in [-0.3, -0.25) is 0 Å². The van der Waals surface area contributed by atoms with E-state index in [2.05, 4.69) is 270 Å². The second-order valence-corrected chi connectivity index (χ2v) is 23.6. The lowest BCUT2D eigenvalue weighted by molar-refractivity contribution is 1.45. The van der Waals surface area contributed by atoms with Crippen molar-refractivity contribution in [3.8, 4) is 111 Å². The molecule has 2 aliphatic carbocycles. The van der Waals surface area contributed by atoms with Crippen LogP contribution in [0.4, 0.5) is 0 Å². The van der Waals surface area contributed by atoms with Crippen molar-refractivity contribution >= 4 is 75.4 Å². The highest BCUT2D eigenvalue weighted by Gasteiger charge is 2.35. The molecule has 0 aliphatic heterocycles. The molecule has 0 nitrogen and oxygen atoms in total. The molecule has 0 heterocycles. The molecular weight excluding hydrogens is 985 g/mol. The van der Waals surface area contributed by atoms with Gasteiger partial charge in [-0.15, -0.1) is 0 Å². The highest BCUT2D eigenvalue weighted by atomic mass is 14.4. The van der Waals surface area contributed by atoms with Crippen molar-refractivity contribution in [3.05, 3.63) is 265 Å². The summed E-state index contributed by atoms with van der Waals surface area (Å²) in [7, 11) is 0. The minimum absolute atomic E-state index is 1.23. The molecule has 82 heavy (non-hydrogen) atoms. The standard InChI is InChI=1S/C82H52/c1-45-15-11-23-51(39-45)69-43-67(49-19-7-5-8-20-49)79-63-35-31-59-55-27-28-56-60-32-36-64-78-66(82-72(54-26-14-18-48(4)42-54)70(52-24-12-16-46(2)40-52)44-68(80(64)82)50-21-9-6-10-22-50)38-34-62(76(60)78)58-30-29-57(73(55)74(56)58)61-33-37-65(77(63)75(59)61)81(79)71(69)53-25-13-17-47(3)41-53/h5-44H,1-4H3. The van der Waals surface area contributed by atoms with E-state index in [-0.39, 0.29) is 0 Å². The smallest absolute Gasteiger partial charge is 0.000762 e. The highest BCUT2D eigenvalue weighted by Crippen LogP contribution is 2.62. The van der Waals surface area contributed by atoms with Gasteiger partial charge in [-0.25, -0.2) is 0 Å². The van der Waals surface area contributed by atoms with Gasteiger partial charge in [-0.2, -0.15) is 0 Å². The molecule has 0 fully saturated rings. The molecule has 0 saturated carbocycles. The molecule has 0 saturated heterocycles. The van der Waals surface area contributed by atoms with Crippen molar-refractivity contribution in [2.24, 2.45) is 0 Å². The second kappa shape index (κ2) is 16.7. The summed E-state index contributed by atoms with van der Waals surface area (Å²) in [5, 5.41) is 18.6. The van der Waals surface area contributed by atoms with Gasteiger partial charge in [0.1, 0.15) is 0 Å². The Morgan fingerprint density at radius 3 is 0.744 bits per heavy atom. The SMILES string of the molecule is Cc1cccc(-c2cc(-c3ccccc3)c3c(c2-c2cccc(C)c2)-c2ccc4c5ccc6c7ccc8c9c(ccc(c%10ccc(c%11ccc-3c2c%114)c5c%106)c97)-c2c(-c3ccccc3)cc(-c3cccc(C)c3)c(-c3cccc(C)c3)c2-8)c1. The monoisotopic (exact) mass is 1040 g/mol. The van der Waals surface area contributed by atoms with Crippen molar-refractivity contribution in [1.29, 1.82) is 0 Å². The van der Waals surface area contributed by atoms with Crippen molar-refractivity contribution in [2.45, 2.75) is 27.7 Å². The maximum Gasteiger partial charge on any atom is -0.000762 e. The Morgan fingerprint density at radius 2 is 0.415 bits per heavy atom. The predicted molar refractivity (Wildman–Crippen MR) is 352 cm³/mol. The number of hydrogen-bond donors (Lipinski definition) is 0. The quantitative estimate of drug-likeness (QED) is 0.115. The molecule has 0 N–H and O–H groups in total. The van der Waals surface area contributed by atoms with Gasteiger partial charge >= 0.3 is 0 Å². The third kappa shape index (κ3) is 6.16. The molecule has 0 aromatic heterocycles. The summed E-state index contributed by atoms with van der Waals surface area (Å²) < 4.78 is 0. The highest BCUT2D eigenvalue weighted by molar-refractivity contribution is 6.45. The van der Waals surface area contributed by atoms with Crippen LogP contribution < -0.4 is 0 Å². The molecule has 0 heteroatoms.